The summed E-state index contributed by atoms with van der Waals surface area (Å²) in [4.78, 5) is 20.7. The molecule has 2 aromatic carbocycles. The van der Waals surface area contributed by atoms with Crippen molar-refractivity contribution in [3.63, 3.8) is 0 Å². The predicted molar refractivity (Wildman–Crippen MR) is 100 cm³/mol. The Bertz CT molecular complexity index is 1010. The topological polar surface area (TPSA) is 90.7 Å². The highest BCUT2D eigenvalue weighted by Gasteiger charge is 2.12. The lowest BCUT2D eigenvalue weighted by Crippen LogP contribution is -2.15. The van der Waals surface area contributed by atoms with E-state index in [2.05, 4.69) is 26.7 Å². The van der Waals surface area contributed by atoms with Crippen LogP contribution >= 0.6 is 0 Å². The van der Waals surface area contributed by atoms with E-state index < -0.39 is 0 Å². The van der Waals surface area contributed by atoms with E-state index in [1.165, 1.54) is 6.33 Å². The zero-order valence-corrected chi connectivity index (χ0v) is 14.4. The molecule has 6 heteroatoms. The van der Waals surface area contributed by atoms with Gasteiger partial charge in [0, 0.05) is 11.8 Å². The number of rotatable bonds is 4. The van der Waals surface area contributed by atoms with E-state index >= 15 is 0 Å². The van der Waals surface area contributed by atoms with E-state index in [0.717, 1.165) is 16.8 Å². The molecule has 128 valence electrons. The van der Waals surface area contributed by atoms with Gasteiger partial charge in [-0.3, -0.25) is 4.79 Å². The second kappa shape index (κ2) is 7.45. The number of carbonyl (C=O) groups excluding carboxylic acids is 1. The Hall–Kier alpha value is -3.72. The van der Waals surface area contributed by atoms with Crippen LogP contribution in [0.4, 0.5) is 17.2 Å². The lowest BCUT2D eigenvalue weighted by molar-refractivity contribution is 0.102. The normalized spacial score (nSPS) is 10.0. The minimum Gasteiger partial charge on any atom is -0.339 e. The minimum absolute atomic E-state index is 0.234. The Morgan fingerprint density at radius 2 is 1.81 bits per heavy atom. The van der Waals surface area contributed by atoms with Gasteiger partial charge in [0.15, 0.2) is 0 Å². The van der Waals surface area contributed by atoms with Gasteiger partial charge in [-0.2, -0.15) is 5.26 Å². The van der Waals surface area contributed by atoms with E-state index in [4.69, 9.17) is 5.26 Å². The standard InChI is InChI=1S/C20H17N5O/c1-13-6-5-9-16(14(13)2)25-20(26)18-10-19(23-12-22-18)24-17-8-4-3-7-15(17)11-21/h3-10,12H,1-2H3,(H,25,26)(H,22,23,24). The summed E-state index contributed by atoms with van der Waals surface area (Å²) in [6.07, 6.45) is 1.31. The molecule has 6 nitrogen and oxygen atoms in total. The fourth-order valence-corrected chi connectivity index (χ4v) is 2.45. The molecule has 0 aliphatic carbocycles. The number of nitrogens with one attached hydrogen (secondary N) is 2. The van der Waals surface area contributed by atoms with Crippen LogP contribution in [0.5, 0.6) is 0 Å². The van der Waals surface area contributed by atoms with Gasteiger partial charge in [0.1, 0.15) is 23.9 Å². The van der Waals surface area contributed by atoms with Crippen molar-refractivity contribution in [1.82, 2.24) is 9.97 Å². The largest absolute Gasteiger partial charge is 0.339 e. The van der Waals surface area contributed by atoms with Crippen molar-refractivity contribution < 1.29 is 4.79 Å². The van der Waals surface area contributed by atoms with Gasteiger partial charge in [-0.05, 0) is 43.2 Å². The Morgan fingerprint density at radius 3 is 2.62 bits per heavy atom. The van der Waals surface area contributed by atoms with Gasteiger partial charge >= 0.3 is 0 Å². The van der Waals surface area contributed by atoms with Crippen molar-refractivity contribution in [2.24, 2.45) is 0 Å². The molecule has 3 aromatic rings. The summed E-state index contributed by atoms with van der Waals surface area (Å²) in [5, 5.41) is 15.1. The molecule has 0 spiro atoms. The molecule has 0 unspecified atom stereocenters. The third-order valence-electron chi connectivity index (χ3n) is 4.06. The van der Waals surface area contributed by atoms with Crippen molar-refractivity contribution >= 4 is 23.1 Å². The van der Waals surface area contributed by atoms with Gasteiger partial charge < -0.3 is 10.6 Å². The minimum atomic E-state index is -0.322. The van der Waals surface area contributed by atoms with Crippen LogP contribution in [0.2, 0.25) is 0 Å². The fraction of sp³-hybridized carbons (Fsp3) is 0.100. The van der Waals surface area contributed by atoms with Crippen molar-refractivity contribution in [3.05, 3.63) is 77.2 Å². The maximum atomic E-state index is 12.5. The van der Waals surface area contributed by atoms with Crippen LogP contribution in [-0.2, 0) is 0 Å². The molecular weight excluding hydrogens is 326 g/mol. The van der Waals surface area contributed by atoms with Gasteiger partial charge in [0.05, 0.1) is 11.3 Å². The van der Waals surface area contributed by atoms with Crippen LogP contribution in [0.25, 0.3) is 0 Å². The van der Waals surface area contributed by atoms with E-state index in [1.807, 2.05) is 38.1 Å². The highest BCUT2D eigenvalue weighted by atomic mass is 16.1. The first kappa shape index (κ1) is 17.1. The molecule has 1 aromatic heterocycles. The van der Waals surface area contributed by atoms with Gasteiger partial charge in [-0.1, -0.05) is 24.3 Å². The molecular formula is C20H17N5O. The molecule has 0 bridgehead atoms. The number of aromatic nitrogens is 2. The number of aryl methyl sites for hydroxylation is 1. The number of amides is 1. The highest BCUT2D eigenvalue weighted by molar-refractivity contribution is 6.03. The molecule has 0 atom stereocenters. The zero-order valence-electron chi connectivity index (χ0n) is 14.4. The molecule has 2 N–H and O–H groups in total. The number of hydrogen-bond acceptors (Lipinski definition) is 5. The molecule has 0 aliphatic rings. The average molecular weight is 343 g/mol. The third-order valence-corrected chi connectivity index (χ3v) is 4.06. The Kier molecular flexibility index (Phi) is 4.90. The molecule has 3 rings (SSSR count). The monoisotopic (exact) mass is 343 g/mol. The lowest BCUT2D eigenvalue weighted by atomic mass is 10.1. The SMILES string of the molecule is Cc1cccc(NC(=O)c2cc(Nc3ccccc3C#N)ncn2)c1C. The fourth-order valence-electron chi connectivity index (χ4n) is 2.45. The smallest absolute Gasteiger partial charge is 0.274 e. The van der Waals surface area contributed by atoms with Crippen LogP contribution in [0.15, 0.2) is 54.9 Å². The Morgan fingerprint density at radius 1 is 1.04 bits per heavy atom. The number of hydrogen-bond donors (Lipinski definition) is 2. The van der Waals surface area contributed by atoms with Crippen molar-refractivity contribution in [2.75, 3.05) is 10.6 Å². The first-order valence-corrected chi connectivity index (χ1v) is 8.04. The molecule has 26 heavy (non-hydrogen) atoms. The number of anilines is 3. The third kappa shape index (κ3) is 3.68. The highest BCUT2D eigenvalue weighted by Crippen LogP contribution is 2.21. The van der Waals surface area contributed by atoms with Gasteiger partial charge in [0.2, 0.25) is 0 Å². The van der Waals surface area contributed by atoms with E-state index in [1.54, 1.807) is 24.3 Å². The quantitative estimate of drug-likeness (QED) is 0.748. The summed E-state index contributed by atoms with van der Waals surface area (Å²) in [6, 6.07) is 16.5. The second-order valence-corrected chi connectivity index (χ2v) is 5.77. The number of benzene rings is 2. The van der Waals surface area contributed by atoms with Crippen molar-refractivity contribution in [3.8, 4) is 6.07 Å². The van der Waals surface area contributed by atoms with E-state index in [9.17, 15) is 4.79 Å². The second-order valence-electron chi connectivity index (χ2n) is 5.77. The van der Waals surface area contributed by atoms with Crippen LogP contribution in [0, 0.1) is 25.2 Å². The van der Waals surface area contributed by atoms with E-state index in [0.29, 0.717) is 17.1 Å². The lowest BCUT2D eigenvalue weighted by Gasteiger charge is -2.11. The van der Waals surface area contributed by atoms with Gasteiger partial charge in [0.25, 0.3) is 5.91 Å². The molecule has 0 saturated carbocycles. The van der Waals surface area contributed by atoms with Gasteiger partial charge in [-0.25, -0.2) is 9.97 Å². The first-order chi connectivity index (χ1) is 12.6. The number of nitriles is 1. The average Bonchev–Trinajstić information content (AvgIpc) is 2.66. The summed E-state index contributed by atoms with van der Waals surface area (Å²) in [6.45, 7) is 3.95. The number of nitrogens with zero attached hydrogens (tertiary/aromatic N) is 3. The summed E-state index contributed by atoms with van der Waals surface area (Å²) in [5.74, 6) is 0.117. The summed E-state index contributed by atoms with van der Waals surface area (Å²) in [5.41, 5.74) is 4.20. The van der Waals surface area contributed by atoms with Crippen molar-refractivity contribution in [1.29, 1.82) is 5.26 Å². The molecule has 0 radical (unpaired) electrons. The van der Waals surface area contributed by atoms with Crippen LogP contribution in [0.3, 0.4) is 0 Å². The summed E-state index contributed by atoms with van der Waals surface area (Å²) >= 11 is 0. The Balaban J connectivity index is 1.82. The molecule has 0 fully saturated rings. The van der Waals surface area contributed by atoms with Crippen molar-refractivity contribution in [2.45, 2.75) is 13.8 Å². The molecule has 1 amide bonds. The molecule has 0 aliphatic heterocycles. The van der Waals surface area contributed by atoms with E-state index in [-0.39, 0.29) is 11.6 Å². The van der Waals surface area contributed by atoms with Gasteiger partial charge in [-0.15, -0.1) is 0 Å². The zero-order chi connectivity index (χ0) is 18.5. The predicted octanol–water partition coefficient (Wildman–Crippen LogP) is 3.96. The molecule has 1 heterocycles. The number of carbonyl (C=O) groups is 1. The first-order valence-electron chi connectivity index (χ1n) is 8.04. The van der Waals surface area contributed by atoms with Crippen LogP contribution in [-0.4, -0.2) is 15.9 Å². The Labute approximate surface area is 151 Å². The summed E-state index contributed by atoms with van der Waals surface area (Å²) < 4.78 is 0. The molecule has 0 saturated heterocycles. The maximum Gasteiger partial charge on any atom is 0.274 e. The maximum absolute atomic E-state index is 12.5. The summed E-state index contributed by atoms with van der Waals surface area (Å²) in [7, 11) is 0. The number of para-hydroxylation sites is 1. The van der Waals surface area contributed by atoms with Crippen LogP contribution < -0.4 is 10.6 Å². The van der Waals surface area contributed by atoms with Crippen LogP contribution in [0.1, 0.15) is 27.2 Å².